The van der Waals surface area contributed by atoms with Crippen LogP contribution in [-0.2, 0) is 15.9 Å². The largest absolute Gasteiger partial charge is 0.382 e. The zero-order valence-electron chi connectivity index (χ0n) is 12.5. The van der Waals surface area contributed by atoms with Gasteiger partial charge in [0.1, 0.15) is 0 Å². The number of methoxy groups -OCH3 is 1. The molecule has 3 unspecified atom stereocenters. The lowest BCUT2D eigenvalue weighted by Crippen LogP contribution is -2.37. The van der Waals surface area contributed by atoms with Gasteiger partial charge in [0.05, 0.1) is 18.8 Å². The van der Waals surface area contributed by atoms with E-state index in [1.54, 1.807) is 7.11 Å². The number of fused-ring (bicyclic) bond motifs is 1. The molecule has 0 bridgehead atoms. The van der Waals surface area contributed by atoms with Crippen LogP contribution in [0.5, 0.6) is 0 Å². The van der Waals surface area contributed by atoms with Gasteiger partial charge in [0.2, 0.25) is 0 Å². The van der Waals surface area contributed by atoms with Gasteiger partial charge in [-0.3, -0.25) is 11.3 Å². The van der Waals surface area contributed by atoms with Crippen molar-refractivity contribution in [3.05, 3.63) is 35.4 Å². The van der Waals surface area contributed by atoms with E-state index in [1.807, 2.05) is 0 Å². The lowest BCUT2D eigenvalue weighted by Gasteiger charge is -2.29. The maximum absolute atomic E-state index is 5.94. The Labute approximate surface area is 121 Å². The molecule has 3 N–H and O–H groups in total. The minimum Gasteiger partial charge on any atom is -0.382 e. The van der Waals surface area contributed by atoms with E-state index in [0.717, 1.165) is 32.3 Å². The van der Waals surface area contributed by atoms with Gasteiger partial charge in [-0.15, -0.1) is 0 Å². The number of ether oxygens (including phenoxy) is 2. The Balaban J connectivity index is 1.95. The van der Waals surface area contributed by atoms with Gasteiger partial charge in [0.15, 0.2) is 0 Å². The Morgan fingerprint density at radius 1 is 1.40 bits per heavy atom. The van der Waals surface area contributed by atoms with Gasteiger partial charge in [-0.05, 0) is 43.7 Å². The third kappa shape index (κ3) is 4.03. The molecular weight excluding hydrogens is 252 g/mol. The third-order valence-corrected chi connectivity index (χ3v) is 4.15. The molecule has 0 spiro atoms. The SMILES string of the molecule is COC(C)CCC(CC1OCCc2ccccc21)NN. The van der Waals surface area contributed by atoms with Crippen LogP contribution in [-0.4, -0.2) is 25.9 Å². The molecule has 1 aromatic rings. The molecule has 1 aromatic carbocycles. The molecule has 1 aliphatic rings. The van der Waals surface area contributed by atoms with E-state index in [1.165, 1.54) is 11.1 Å². The maximum Gasteiger partial charge on any atom is 0.0843 e. The van der Waals surface area contributed by atoms with Crippen LogP contribution in [0.1, 0.15) is 43.4 Å². The van der Waals surface area contributed by atoms with Crippen LogP contribution in [0.25, 0.3) is 0 Å². The van der Waals surface area contributed by atoms with Crippen molar-refractivity contribution in [3.63, 3.8) is 0 Å². The summed E-state index contributed by atoms with van der Waals surface area (Å²) in [5.74, 6) is 5.69. The van der Waals surface area contributed by atoms with Crippen LogP contribution in [0.3, 0.4) is 0 Å². The number of hydrogen-bond acceptors (Lipinski definition) is 4. The smallest absolute Gasteiger partial charge is 0.0843 e. The molecule has 2 rings (SSSR count). The minimum absolute atomic E-state index is 0.152. The van der Waals surface area contributed by atoms with E-state index in [0.29, 0.717) is 0 Å². The highest BCUT2D eigenvalue weighted by Gasteiger charge is 2.23. The van der Waals surface area contributed by atoms with Crippen LogP contribution in [0.15, 0.2) is 24.3 Å². The van der Waals surface area contributed by atoms with Gasteiger partial charge in [0.25, 0.3) is 0 Å². The quantitative estimate of drug-likeness (QED) is 0.594. The lowest BCUT2D eigenvalue weighted by atomic mass is 9.92. The molecule has 0 radical (unpaired) electrons. The van der Waals surface area contributed by atoms with Gasteiger partial charge in [-0.2, -0.15) is 0 Å². The average molecular weight is 278 g/mol. The summed E-state index contributed by atoms with van der Waals surface area (Å²) in [5.41, 5.74) is 5.65. The van der Waals surface area contributed by atoms with Crippen molar-refractivity contribution in [3.8, 4) is 0 Å². The predicted octanol–water partition coefficient (Wildman–Crippen LogP) is 2.34. The molecule has 4 heteroatoms. The van der Waals surface area contributed by atoms with E-state index >= 15 is 0 Å². The van der Waals surface area contributed by atoms with Crippen molar-refractivity contribution < 1.29 is 9.47 Å². The molecule has 112 valence electrons. The number of hydrogen-bond donors (Lipinski definition) is 2. The lowest BCUT2D eigenvalue weighted by molar-refractivity contribution is 0.0268. The molecule has 0 saturated carbocycles. The third-order valence-electron chi connectivity index (χ3n) is 4.15. The first-order chi connectivity index (χ1) is 9.74. The summed E-state index contributed by atoms with van der Waals surface area (Å²) in [5, 5.41) is 0. The van der Waals surface area contributed by atoms with Gasteiger partial charge in [0, 0.05) is 13.2 Å². The Bertz CT molecular complexity index is 411. The minimum atomic E-state index is 0.152. The first kappa shape index (κ1) is 15.4. The van der Waals surface area contributed by atoms with E-state index in [-0.39, 0.29) is 18.2 Å². The molecule has 0 aliphatic carbocycles. The Hall–Kier alpha value is -0.940. The Morgan fingerprint density at radius 3 is 2.95 bits per heavy atom. The molecule has 0 amide bonds. The standard InChI is InChI=1S/C16H26N2O2/c1-12(19-2)7-8-14(18-17)11-16-15-6-4-3-5-13(15)9-10-20-16/h3-6,12,14,16,18H,7-11,17H2,1-2H3. The maximum atomic E-state index is 5.94. The number of nitrogens with two attached hydrogens (primary N) is 1. The highest BCUT2D eigenvalue weighted by atomic mass is 16.5. The molecular formula is C16H26N2O2. The first-order valence-electron chi connectivity index (χ1n) is 7.43. The predicted molar refractivity (Wildman–Crippen MR) is 80.3 cm³/mol. The van der Waals surface area contributed by atoms with Crippen LogP contribution in [0.4, 0.5) is 0 Å². The second-order valence-corrected chi connectivity index (χ2v) is 5.53. The fraction of sp³-hybridized carbons (Fsp3) is 0.625. The number of nitrogens with one attached hydrogen (secondary N) is 1. The van der Waals surface area contributed by atoms with Gasteiger partial charge < -0.3 is 9.47 Å². The number of rotatable bonds is 7. The van der Waals surface area contributed by atoms with Crippen molar-refractivity contribution >= 4 is 0 Å². The van der Waals surface area contributed by atoms with Crippen molar-refractivity contribution in [2.45, 2.75) is 50.9 Å². The number of benzene rings is 1. The molecule has 0 aromatic heterocycles. The van der Waals surface area contributed by atoms with E-state index in [9.17, 15) is 0 Å². The summed E-state index contributed by atoms with van der Waals surface area (Å²) in [6.45, 7) is 2.88. The van der Waals surface area contributed by atoms with Crippen molar-refractivity contribution in [1.82, 2.24) is 5.43 Å². The van der Waals surface area contributed by atoms with Gasteiger partial charge >= 0.3 is 0 Å². The topological polar surface area (TPSA) is 56.5 Å². The molecule has 20 heavy (non-hydrogen) atoms. The highest BCUT2D eigenvalue weighted by molar-refractivity contribution is 5.31. The van der Waals surface area contributed by atoms with Crippen LogP contribution in [0.2, 0.25) is 0 Å². The molecule has 0 fully saturated rings. The van der Waals surface area contributed by atoms with Crippen LogP contribution >= 0.6 is 0 Å². The fourth-order valence-electron chi connectivity index (χ4n) is 2.75. The zero-order chi connectivity index (χ0) is 14.4. The highest BCUT2D eigenvalue weighted by Crippen LogP contribution is 2.31. The van der Waals surface area contributed by atoms with Crippen molar-refractivity contribution in [2.75, 3.05) is 13.7 Å². The summed E-state index contributed by atoms with van der Waals surface area (Å²) in [6, 6.07) is 8.80. The van der Waals surface area contributed by atoms with E-state index in [2.05, 4.69) is 36.6 Å². The summed E-state index contributed by atoms with van der Waals surface area (Å²) < 4.78 is 11.2. The fourth-order valence-corrected chi connectivity index (χ4v) is 2.75. The summed E-state index contributed by atoms with van der Waals surface area (Å²) in [4.78, 5) is 0. The molecule has 0 saturated heterocycles. The Kier molecular flexibility index (Phi) is 5.98. The van der Waals surface area contributed by atoms with Crippen molar-refractivity contribution in [2.24, 2.45) is 5.84 Å². The van der Waals surface area contributed by atoms with E-state index < -0.39 is 0 Å². The van der Waals surface area contributed by atoms with Gasteiger partial charge in [-0.1, -0.05) is 24.3 Å². The van der Waals surface area contributed by atoms with E-state index in [4.69, 9.17) is 15.3 Å². The molecule has 1 heterocycles. The number of hydrazine groups is 1. The van der Waals surface area contributed by atoms with Gasteiger partial charge in [-0.25, -0.2) is 0 Å². The first-order valence-corrected chi connectivity index (χ1v) is 7.43. The average Bonchev–Trinajstić information content (AvgIpc) is 2.51. The molecule has 4 nitrogen and oxygen atoms in total. The van der Waals surface area contributed by atoms with Crippen LogP contribution in [0, 0.1) is 0 Å². The summed E-state index contributed by atoms with van der Waals surface area (Å²) in [6.07, 6.45) is 4.33. The van der Waals surface area contributed by atoms with Crippen LogP contribution < -0.4 is 11.3 Å². The summed E-state index contributed by atoms with van der Waals surface area (Å²) in [7, 11) is 1.75. The zero-order valence-corrected chi connectivity index (χ0v) is 12.5. The normalized spacial score (nSPS) is 21.2. The second-order valence-electron chi connectivity index (χ2n) is 5.53. The monoisotopic (exact) mass is 278 g/mol. The second kappa shape index (κ2) is 7.74. The molecule has 1 aliphatic heterocycles. The molecule has 3 atom stereocenters. The Morgan fingerprint density at radius 2 is 2.20 bits per heavy atom. The summed E-state index contributed by atoms with van der Waals surface area (Å²) >= 11 is 0. The van der Waals surface area contributed by atoms with Crippen molar-refractivity contribution in [1.29, 1.82) is 0 Å².